The van der Waals surface area contributed by atoms with Crippen LogP contribution in [0.25, 0.3) is 10.9 Å². The van der Waals surface area contributed by atoms with Crippen LogP contribution in [0.5, 0.6) is 0 Å². The lowest BCUT2D eigenvalue weighted by atomic mass is 9.99. The van der Waals surface area contributed by atoms with Gasteiger partial charge in [-0.3, -0.25) is 5.10 Å². The SMILES string of the molecule is CC(Nc1ccc2[nH]ncc2c1)C1CCCC1. The van der Waals surface area contributed by atoms with Gasteiger partial charge in [0.1, 0.15) is 0 Å². The molecule has 2 aromatic rings. The topological polar surface area (TPSA) is 40.7 Å². The third kappa shape index (κ3) is 2.14. The molecule has 1 fully saturated rings. The largest absolute Gasteiger partial charge is 0.382 e. The predicted octanol–water partition coefficient (Wildman–Crippen LogP) is 3.55. The van der Waals surface area contributed by atoms with Crippen molar-refractivity contribution in [1.29, 1.82) is 0 Å². The van der Waals surface area contributed by atoms with Crippen molar-refractivity contribution < 1.29 is 0 Å². The quantitative estimate of drug-likeness (QED) is 0.845. The van der Waals surface area contributed by atoms with Gasteiger partial charge in [-0.2, -0.15) is 5.10 Å². The summed E-state index contributed by atoms with van der Waals surface area (Å²) in [6, 6.07) is 6.96. The number of nitrogens with zero attached hydrogens (tertiary/aromatic N) is 1. The van der Waals surface area contributed by atoms with Crippen molar-refractivity contribution in [1.82, 2.24) is 10.2 Å². The Morgan fingerprint density at radius 2 is 2.18 bits per heavy atom. The Morgan fingerprint density at radius 3 is 3.00 bits per heavy atom. The summed E-state index contributed by atoms with van der Waals surface area (Å²) < 4.78 is 0. The van der Waals surface area contributed by atoms with Gasteiger partial charge in [0.05, 0.1) is 11.7 Å². The molecule has 1 aromatic carbocycles. The number of rotatable bonds is 3. The van der Waals surface area contributed by atoms with E-state index in [1.165, 1.54) is 36.8 Å². The van der Waals surface area contributed by atoms with Crippen molar-refractivity contribution >= 4 is 16.6 Å². The first-order valence-electron chi connectivity index (χ1n) is 6.52. The van der Waals surface area contributed by atoms with Gasteiger partial charge in [0.2, 0.25) is 0 Å². The van der Waals surface area contributed by atoms with E-state index in [4.69, 9.17) is 0 Å². The summed E-state index contributed by atoms with van der Waals surface area (Å²) in [5, 5.41) is 11.8. The molecule has 0 aliphatic heterocycles. The second kappa shape index (κ2) is 4.40. The Hall–Kier alpha value is -1.51. The molecule has 90 valence electrons. The zero-order valence-corrected chi connectivity index (χ0v) is 10.2. The minimum Gasteiger partial charge on any atom is -0.382 e. The summed E-state index contributed by atoms with van der Waals surface area (Å²) in [7, 11) is 0. The van der Waals surface area contributed by atoms with Crippen LogP contribution >= 0.6 is 0 Å². The second-order valence-electron chi connectivity index (χ2n) is 5.15. The number of nitrogens with one attached hydrogen (secondary N) is 2. The van der Waals surface area contributed by atoms with Gasteiger partial charge in [0.25, 0.3) is 0 Å². The molecule has 3 nitrogen and oxygen atoms in total. The molecule has 1 heterocycles. The highest BCUT2D eigenvalue weighted by Gasteiger charge is 2.21. The Labute approximate surface area is 102 Å². The van der Waals surface area contributed by atoms with E-state index in [9.17, 15) is 0 Å². The lowest BCUT2D eigenvalue weighted by Crippen LogP contribution is -2.23. The Balaban J connectivity index is 1.74. The van der Waals surface area contributed by atoms with Crippen LogP contribution < -0.4 is 5.32 Å². The maximum Gasteiger partial charge on any atom is 0.0651 e. The number of anilines is 1. The Morgan fingerprint density at radius 1 is 1.35 bits per heavy atom. The number of benzene rings is 1. The van der Waals surface area contributed by atoms with Crippen LogP contribution in [-0.4, -0.2) is 16.2 Å². The van der Waals surface area contributed by atoms with Gasteiger partial charge >= 0.3 is 0 Å². The number of hydrogen-bond donors (Lipinski definition) is 2. The van der Waals surface area contributed by atoms with Gasteiger partial charge in [0, 0.05) is 17.1 Å². The van der Waals surface area contributed by atoms with Gasteiger partial charge < -0.3 is 5.32 Å². The molecule has 3 heteroatoms. The molecule has 1 unspecified atom stereocenters. The van der Waals surface area contributed by atoms with Crippen LogP contribution in [0.3, 0.4) is 0 Å². The Bertz CT molecular complexity index is 497. The molecular formula is C14H19N3. The summed E-state index contributed by atoms with van der Waals surface area (Å²) >= 11 is 0. The van der Waals surface area contributed by atoms with Crippen molar-refractivity contribution in [3.8, 4) is 0 Å². The number of H-pyrrole nitrogens is 1. The van der Waals surface area contributed by atoms with E-state index in [-0.39, 0.29) is 0 Å². The number of fused-ring (bicyclic) bond motifs is 1. The van der Waals surface area contributed by atoms with Gasteiger partial charge in [-0.15, -0.1) is 0 Å². The highest BCUT2D eigenvalue weighted by Crippen LogP contribution is 2.29. The van der Waals surface area contributed by atoms with Gasteiger partial charge in [-0.1, -0.05) is 12.8 Å². The molecule has 3 rings (SSSR count). The first kappa shape index (κ1) is 10.6. The molecule has 1 atom stereocenters. The molecular weight excluding hydrogens is 210 g/mol. The first-order chi connectivity index (χ1) is 8.33. The molecule has 0 amide bonds. The smallest absolute Gasteiger partial charge is 0.0651 e. The Kier molecular flexibility index (Phi) is 2.75. The zero-order valence-electron chi connectivity index (χ0n) is 10.2. The molecule has 2 N–H and O–H groups in total. The summed E-state index contributed by atoms with van der Waals surface area (Å²) in [5.41, 5.74) is 2.31. The molecule has 0 radical (unpaired) electrons. The number of aromatic amines is 1. The van der Waals surface area contributed by atoms with E-state index in [1.54, 1.807) is 0 Å². The van der Waals surface area contributed by atoms with Crippen molar-refractivity contribution in [3.63, 3.8) is 0 Å². The van der Waals surface area contributed by atoms with Gasteiger partial charge in [-0.05, 0) is 43.9 Å². The maximum atomic E-state index is 4.05. The highest BCUT2D eigenvalue weighted by molar-refractivity contribution is 5.81. The summed E-state index contributed by atoms with van der Waals surface area (Å²) in [6.07, 6.45) is 7.43. The van der Waals surface area contributed by atoms with E-state index in [1.807, 2.05) is 6.20 Å². The number of aromatic nitrogens is 2. The highest BCUT2D eigenvalue weighted by atomic mass is 15.1. The molecule has 1 saturated carbocycles. The molecule has 17 heavy (non-hydrogen) atoms. The lowest BCUT2D eigenvalue weighted by molar-refractivity contribution is 0.482. The normalized spacial score (nSPS) is 18.6. The average Bonchev–Trinajstić information content (AvgIpc) is 2.99. The first-order valence-corrected chi connectivity index (χ1v) is 6.52. The fourth-order valence-electron chi connectivity index (χ4n) is 2.87. The predicted molar refractivity (Wildman–Crippen MR) is 71.1 cm³/mol. The van der Waals surface area contributed by atoms with Crippen LogP contribution in [-0.2, 0) is 0 Å². The zero-order chi connectivity index (χ0) is 11.7. The van der Waals surface area contributed by atoms with Crippen molar-refractivity contribution in [2.75, 3.05) is 5.32 Å². The molecule has 0 bridgehead atoms. The fraction of sp³-hybridized carbons (Fsp3) is 0.500. The van der Waals surface area contributed by atoms with Crippen molar-refractivity contribution in [2.24, 2.45) is 5.92 Å². The molecule has 1 aliphatic rings. The van der Waals surface area contributed by atoms with Crippen LogP contribution in [0.2, 0.25) is 0 Å². The minimum absolute atomic E-state index is 0.571. The van der Waals surface area contributed by atoms with Crippen LogP contribution in [0, 0.1) is 5.92 Å². The molecule has 0 saturated heterocycles. The maximum absolute atomic E-state index is 4.05. The van der Waals surface area contributed by atoms with E-state index >= 15 is 0 Å². The van der Waals surface area contributed by atoms with E-state index in [2.05, 4.69) is 40.6 Å². The van der Waals surface area contributed by atoms with Crippen LogP contribution in [0.4, 0.5) is 5.69 Å². The monoisotopic (exact) mass is 229 g/mol. The van der Waals surface area contributed by atoms with E-state index < -0.39 is 0 Å². The standard InChI is InChI=1S/C14H19N3/c1-10(11-4-2-3-5-11)16-13-6-7-14-12(8-13)9-15-17-14/h6-11,16H,2-5H2,1H3,(H,15,17). The summed E-state index contributed by atoms with van der Waals surface area (Å²) in [4.78, 5) is 0. The number of hydrogen-bond acceptors (Lipinski definition) is 2. The lowest BCUT2D eigenvalue weighted by Gasteiger charge is -2.21. The third-order valence-corrected chi connectivity index (χ3v) is 3.94. The van der Waals surface area contributed by atoms with E-state index in [0.717, 1.165) is 11.4 Å². The van der Waals surface area contributed by atoms with E-state index in [0.29, 0.717) is 6.04 Å². The third-order valence-electron chi connectivity index (χ3n) is 3.94. The summed E-state index contributed by atoms with van der Waals surface area (Å²) in [5.74, 6) is 0.843. The molecule has 1 aliphatic carbocycles. The van der Waals surface area contributed by atoms with Crippen molar-refractivity contribution in [2.45, 2.75) is 38.6 Å². The minimum atomic E-state index is 0.571. The fourth-order valence-corrected chi connectivity index (χ4v) is 2.87. The average molecular weight is 229 g/mol. The van der Waals surface area contributed by atoms with Crippen LogP contribution in [0.1, 0.15) is 32.6 Å². The second-order valence-corrected chi connectivity index (χ2v) is 5.15. The summed E-state index contributed by atoms with van der Waals surface area (Å²) in [6.45, 7) is 2.30. The molecule has 1 aromatic heterocycles. The van der Waals surface area contributed by atoms with Gasteiger partial charge in [0.15, 0.2) is 0 Å². The molecule has 0 spiro atoms. The van der Waals surface area contributed by atoms with Crippen molar-refractivity contribution in [3.05, 3.63) is 24.4 Å². The van der Waals surface area contributed by atoms with Gasteiger partial charge in [-0.25, -0.2) is 0 Å². The van der Waals surface area contributed by atoms with Crippen LogP contribution in [0.15, 0.2) is 24.4 Å².